The number of nitrogens with one attached hydrogen (secondary N) is 1. The number of hydrogen-bond acceptors (Lipinski definition) is 5. The van der Waals surface area contributed by atoms with Gasteiger partial charge >= 0.3 is 88.7 Å². The third-order valence-corrected chi connectivity index (χ3v) is 7.32. The van der Waals surface area contributed by atoms with Crippen LogP contribution >= 0.6 is 0 Å². The first-order chi connectivity index (χ1) is 15.0. The minimum atomic E-state index is -4.41. The third kappa shape index (κ3) is 9.02. The molecule has 0 radical (unpaired) electrons. The van der Waals surface area contributed by atoms with Crippen molar-refractivity contribution in [3.05, 3.63) is 66.4 Å². The molecular weight excluding hydrogens is 521 g/mol. The first-order valence-electron chi connectivity index (χ1n) is 10.2. The van der Waals surface area contributed by atoms with Crippen molar-refractivity contribution in [2.75, 3.05) is 17.6 Å². The topological polar surface area (TPSA) is 124 Å². The Morgan fingerprint density at radius 1 is 1.00 bits per heavy atom. The van der Waals surface area contributed by atoms with Crippen LogP contribution in [-0.2, 0) is 25.7 Å². The fourth-order valence-corrected chi connectivity index (χ4v) is 5.17. The van der Waals surface area contributed by atoms with E-state index in [1.807, 2.05) is 54.8 Å². The van der Waals surface area contributed by atoms with Gasteiger partial charge in [0.15, 0.2) is 5.71 Å². The van der Waals surface area contributed by atoms with Crippen molar-refractivity contribution in [2.24, 2.45) is 0 Å². The van der Waals surface area contributed by atoms with Crippen LogP contribution in [0.3, 0.4) is 0 Å². The molecule has 13 heteroatoms. The number of hydrogen-bond donors (Lipinski definition) is 3. The number of anilines is 1. The molecule has 0 saturated carbocycles. The Hall–Kier alpha value is 0.470. The van der Waals surface area contributed by atoms with Crippen molar-refractivity contribution in [1.29, 1.82) is 0 Å². The molecule has 2 aromatic rings. The van der Waals surface area contributed by atoms with Gasteiger partial charge in [-0.25, -0.2) is 0 Å². The molecule has 0 spiro atoms. The van der Waals surface area contributed by atoms with E-state index >= 15 is 0 Å². The van der Waals surface area contributed by atoms with Gasteiger partial charge in [-0.2, -0.15) is 21.4 Å². The number of nitrogens with zero attached hydrogens (tertiary/aromatic N) is 1. The molecule has 0 bridgehead atoms. The summed E-state index contributed by atoms with van der Waals surface area (Å²) in [6, 6.07) is 14.0. The first-order valence-corrected chi connectivity index (χ1v) is 13.2. The van der Waals surface area contributed by atoms with Gasteiger partial charge in [-0.15, -0.1) is 0 Å². The summed E-state index contributed by atoms with van der Waals surface area (Å²) in [5.74, 6) is -0.401. The van der Waals surface area contributed by atoms with Crippen LogP contribution in [0, 0.1) is 0 Å². The van der Waals surface area contributed by atoms with Gasteiger partial charge in [0.05, 0.1) is 16.1 Å². The zero-order valence-electron chi connectivity index (χ0n) is 17.9. The van der Waals surface area contributed by atoms with Crippen LogP contribution < -0.4 is 5.32 Å². The number of benzene rings is 2. The number of para-hydroxylation sites is 1. The van der Waals surface area contributed by atoms with E-state index in [9.17, 15) is 25.9 Å². The summed E-state index contributed by atoms with van der Waals surface area (Å²) in [7, 11) is -8.54. The van der Waals surface area contributed by atoms with E-state index in [-0.39, 0.29) is 100.0 Å². The summed E-state index contributed by atoms with van der Waals surface area (Å²) in [6.07, 6.45) is 4.18. The molecule has 8 nitrogen and oxygen atoms in total. The molecule has 2 aromatic carbocycles. The summed E-state index contributed by atoms with van der Waals surface area (Å²) < 4.78 is 66.8. The SMILES string of the molecule is CC[N+]1=C(/C=C/Nc2ccccc2)C(C)(CCCS(=O)(=O)O)c2cc(S(=O)(=O)O)ccc21.[NaH].[NaH].[NaH]. The fourth-order valence-electron chi connectivity index (χ4n) is 4.16. The van der Waals surface area contributed by atoms with E-state index < -0.39 is 31.4 Å². The average Bonchev–Trinajstić information content (AvgIpc) is 2.95. The van der Waals surface area contributed by atoms with Crippen LogP contribution in [0.2, 0.25) is 0 Å². The van der Waals surface area contributed by atoms with E-state index in [1.54, 1.807) is 12.3 Å². The molecule has 3 N–H and O–H groups in total. The van der Waals surface area contributed by atoms with Crippen LogP contribution in [-0.4, -0.2) is 137 Å². The number of allylic oxidation sites excluding steroid dienone is 1. The predicted octanol–water partition coefficient (Wildman–Crippen LogP) is 1.66. The minimum absolute atomic E-state index is 0. The molecule has 35 heavy (non-hydrogen) atoms. The maximum atomic E-state index is 11.7. The van der Waals surface area contributed by atoms with Gasteiger partial charge in [-0.1, -0.05) is 18.2 Å². The second-order valence-corrected chi connectivity index (χ2v) is 10.8. The van der Waals surface area contributed by atoms with Gasteiger partial charge in [0.25, 0.3) is 20.2 Å². The Balaban J connectivity index is 0.00000385. The Kier molecular flexibility index (Phi) is 14.8. The summed E-state index contributed by atoms with van der Waals surface area (Å²) in [5.41, 5.74) is 2.45. The van der Waals surface area contributed by atoms with Crippen LogP contribution in [0.4, 0.5) is 11.4 Å². The van der Waals surface area contributed by atoms with Crippen molar-refractivity contribution >= 4 is 126 Å². The van der Waals surface area contributed by atoms with Crippen molar-refractivity contribution in [3.8, 4) is 0 Å². The van der Waals surface area contributed by atoms with Crippen molar-refractivity contribution < 1.29 is 30.5 Å². The van der Waals surface area contributed by atoms with Crippen molar-refractivity contribution in [3.63, 3.8) is 0 Å². The van der Waals surface area contributed by atoms with E-state index in [2.05, 4.69) is 5.32 Å². The van der Waals surface area contributed by atoms with Gasteiger partial charge in [0, 0.05) is 29.6 Å². The molecule has 1 aliphatic heterocycles. The van der Waals surface area contributed by atoms with Gasteiger partial charge in [-0.3, -0.25) is 9.11 Å². The van der Waals surface area contributed by atoms with E-state index in [0.717, 1.165) is 17.1 Å². The molecule has 3 rings (SSSR count). The molecule has 0 aromatic heterocycles. The van der Waals surface area contributed by atoms with Crippen molar-refractivity contribution in [2.45, 2.75) is 37.0 Å². The normalized spacial score (nSPS) is 17.3. The van der Waals surface area contributed by atoms with Gasteiger partial charge in [-0.05, 0) is 51.0 Å². The Morgan fingerprint density at radius 3 is 2.17 bits per heavy atom. The van der Waals surface area contributed by atoms with Crippen molar-refractivity contribution in [1.82, 2.24) is 0 Å². The van der Waals surface area contributed by atoms with Crippen LogP contribution in [0.25, 0.3) is 0 Å². The third-order valence-electron chi connectivity index (χ3n) is 5.67. The van der Waals surface area contributed by atoms with Crippen LogP contribution in [0.1, 0.15) is 32.3 Å². The van der Waals surface area contributed by atoms with E-state index in [1.165, 1.54) is 12.1 Å². The number of rotatable bonds is 9. The monoisotopic (exact) mass is 551 g/mol. The van der Waals surface area contributed by atoms with E-state index in [0.29, 0.717) is 18.5 Å². The van der Waals surface area contributed by atoms with Crippen LogP contribution in [0.5, 0.6) is 0 Å². The summed E-state index contributed by atoms with van der Waals surface area (Å²) >= 11 is 0. The fraction of sp³-hybridized carbons (Fsp3) is 0.318. The average molecular weight is 552 g/mol. The second kappa shape index (κ2) is 14.6. The Morgan fingerprint density at radius 2 is 1.63 bits per heavy atom. The second-order valence-electron chi connectivity index (χ2n) is 7.85. The number of fused-ring (bicyclic) bond motifs is 1. The van der Waals surface area contributed by atoms with E-state index in [4.69, 9.17) is 0 Å². The van der Waals surface area contributed by atoms with Gasteiger partial charge < -0.3 is 5.32 Å². The Bertz CT molecular complexity index is 1280. The molecule has 1 atom stereocenters. The maximum absolute atomic E-state index is 11.7. The summed E-state index contributed by atoms with van der Waals surface area (Å²) in [6.45, 7) is 4.46. The standard InChI is InChI=1S/C22H26N2O6S2.3Na.3H/c1-3-24-20-11-10-18(32(28,29)30)16-19(20)22(2,13-7-15-31(25,26)27)21(24)12-14-23-17-8-5-4-6-9-17;;;;;;/h4-6,8-12,14,16H,3,7,13,15H2,1-2H3,(H2,25,26,27,28,29,30);;;;;;/p+1. The zero-order valence-corrected chi connectivity index (χ0v) is 19.5. The molecule has 178 valence electrons. The van der Waals surface area contributed by atoms with Crippen LogP contribution in [0.15, 0.2) is 65.7 Å². The predicted molar refractivity (Wildman–Crippen MR) is 145 cm³/mol. The zero-order chi connectivity index (χ0) is 23.6. The molecule has 1 unspecified atom stereocenters. The van der Waals surface area contributed by atoms with Gasteiger partial charge in [0.2, 0.25) is 5.69 Å². The molecule has 0 amide bonds. The molecule has 0 fully saturated rings. The summed E-state index contributed by atoms with van der Waals surface area (Å²) in [5, 5.41) is 3.20. The molecule has 0 saturated heterocycles. The molecule has 0 aliphatic carbocycles. The Labute approximate surface area is 274 Å². The molecule has 1 heterocycles. The molecular formula is C22H30N2Na3O6S2+. The summed E-state index contributed by atoms with van der Waals surface area (Å²) in [4.78, 5) is -0.221. The van der Waals surface area contributed by atoms with Gasteiger partial charge in [0.1, 0.15) is 6.54 Å². The first kappa shape index (κ1) is 35.5. The molecule has 1 aliphatic rings. The quantitative estimate of drug-likeness (QED) is 0.246.